The van der Waals surface area contributed by atoms with Crippen molar-refractivity contribution in [1.82, 2.24) is 4.98 Å². The Balaban J connectivity index is 2.73. The fourth-order valence-corrected chi connectivity index (χ4v) is 1.26. The lowest BCUT2D eigenvalue weighted by Crippen LogP contribution is -2.27. The van der Waals surface area contributed by atoms with Crippen LogP contribution in [-0.4, -0.2) is 36.8 Å². The van der Waals surface area contributed by atoms with E-state index < -0.39 is 0 Å². The number of rotatable bonds is 4. The lowest BCUT2D eigenvalue weighted by atomic mass is 10.3. The summed E-state index contributed by atoms with van der Waals surface area (Å²) in [5.74, 6) is 1.69. The van der Waals surface area contributed by atoms with Crippen molar-refractivity contribution in [3.63, 3.8) is 0 Å². The number of likely N-dealkylation sites (N-methyl/N-ethyl adjacent to an activating group) is 1. The third-order valence-corrected chi connectivity index (χ3v) is 1.92. The number of aromatic nitrogens is 1. The zero-order valence-electron chi connectivity index (χ0n) is 8.86. The minimum atomic E-state index is -0.347. The van der Waals surface area contributed by atoms with Crippen molar-refractivity contribution in [1.29, 1.82) is 0 Å². The van der Waals surface area contributed by atoms with Gasteiger partial charge < -0.3 is 15.3 Å². The second-order valence-corrected chi connectivity index (χ2v) is 3.36. The fraction of sp³-hybridized carbons (Fsp3) is 0.500. The highest BCUT2D eigenvalue weighted by Crippen LogP contribution is 2.12. The van der Waals surface area contributed by atoms with Crippen molar-refractivity contribution in [3.8, 4) is 0 Å². The lowest BCUT2D eigenvalue weighted by molar-refractivity contribution is 0.201. The van der Waals surface area contributed by atoms with Gasteiger partial charge in [-0.1, -0.05) is 6.07 Å². The summed E-state index contributed by atoms with van der Waals surface area (Å²) in [6.07, 6.45) is -0.347. The number of hydrogen-bond donors (Lipinski definition) is 2. The van der Waals surface area contributed by atoms with Crippen LogP contribution < -0.4 is 10.2 Å². The van der Waals surface area contributed by atoms with Gasteiger partial charge in [0.25, 0.3) is 0 Å². The Bertz CT molecular complexity index is 288. The maximum atomic E-state index is 9.23. The molecule has 0 aliphatic rings. The average molecular weight is 195 g/mol. The van der Waals surface area contributed by atoms with Crippen molar-refractivity contribution in [3.05, 3.63) is 18.2 Å². The minimum absolute atomic E-state index is 0.347. The van der Waals surface area contributed by atoms with Crippen LogP contribution in [0, 0.1) is 0 Å². The Hall–Kier alpha value is -1.29. The molecule has 0 aromatic carbocycles. The monoisotopic (exact) mass is 195 g/mol. The Kier molecular flexibility index (Phi) is 3.71. The van der Waals surface area contributed by atoms with Crippen LogP contribution >= 0.6 is 0 Å². The molecule has 14 heavy (non-hydrogen) atoms. The molecular weight excluding hydrogens is 178 g/mol. The zero-order valence-corrected chi connectivity index (χ0v) is 8.86. The largest absolute Gasteiger partial charge is 0.392 e. The van der Waals surface area contributed by atoms with E-state index in [0.717, 1.165) is 11.6 Å². The molecule has 1 heterocycles. The minimum Gasteiger partial charge on any atom is -0.392 e. The quantitative estimate of drug-likeness (QED) is 0.750. The van der Waals surface area contributed by atoms with Crippen LogP contribution in [0.4, 0.5) is 11.6 Å². The summed E-state index contributed by atoms with van der Waals surface area (Å²) in [5.41, 5.74) is 0. The Morgan fingerprint density at radius 1 is 1.57 bits per heavy atom. The summed E-state index contributed by atoms with van der Waals surface area (Å²) in [6, 6.07) is 5.76. The summed E-state index contributed by atoms with van der Waals surface area (Å²) < 4.78 is 0. The molecule has 0 saturated heterocycles. The molecule has 0 aliphatic carbocycles. The second-order valence-electron chi connectivity index (χ2n) is 3.36. The Labute approximate surface area is 84.6 Å². The topological polar surface area (TPSA) is 48.4 Å². The highest BCUT2D eigenvalue weighted by Gasteiger charge is 2.05. The molecule has 1 rings (SSSR count). The van der Waals surface area contributed by atoms with E-state index in [1.807, 2.05) is 37.2 Å². The second kappa shape index (κ2) is 4.81. The van der Waals surface area contributed by atoms with E-state index in [1.165, 1.54) is 0 Å². The van der Waals surface area contributed by atoms with Crippen molar-refractivity contribution < 1.29 is 5.11 Å². The normalized spacial score (nSPS) is 12.3. The van der Waals surface area contributed by atoms with Crippen molar-refractivity contribution >= 4 is 11.6 Å². The maximum absolute atomic E-state index is 9.23. The molecule has 1 unspecified atom stereocenters. The van der Waals surface area contributed by atoms with E-state index in [0.29, 0.717) is 6.54 Å². The van der Waals surface area contributed by atoms with Crippen LogP contribution in [0.5, 0.6) is 0 Å². The highest BCUT2D eigenvalue weighted by atomic mass is 16.3. The molecule has 0 amide bonds. The molecule has 0 spiro atoms. The van der Waals surface area contributed by atoms with E-state index in [1.54, 1.807) is 6.92 Å². The number of pyridine rings is 1. The van der Waals surface area contributed by atoms with Gasteiger partial charge in [0.05, 0.1) is 6.10 Å². The number of aliphatic hydroxyl groups excluding tert-OH is 1. The van der Waals surface area contributed by atoms with E-state index in [2.05, 4.69) is 10.3 Å². The molecular formula is C10H17N3O. The predicted octanol–water partition coefficient (Wildman–Crippen LogP) is 0.940. The van der Waals surface area contributed by atoms with E-state index in [-0.39, 0.29) is 6.10 Å². The summed E-state index contributed by atoms with van der Waals surface area (Å²) in [7, 11) is 3.75. The van der Waals surface area contributed by atoms with E-state index in [4.69, 9.17) is 0 Å². The van der Waals surface area contributed by atoms with Crippen molar-refractivity contribution in [2.75, 3.05) is 30.9 Å². The van der Waals surface area contributed by atoms with Gasteiger partial charge in [-0.05, 0) is 19.1 Å². The van der Waals surface area contributed by atoms with Gasteiger partial charge in [0.2, 0.25) is 0 Å². The van der Waals surface area contributed by atoms with Gasteiger partial charge in [0, 0.05) is 20.6 Å². The molecule has 1 atom stereocenters. The van der Waals surface area contributed by atoms with Crippen molar-refractivity contribution in [2.45, 2.75) is 13.0 Å². The van der Waals surface area contributed by atoms with Crippen LogP contribution in [0.2, 0.25) is 0 Å². The van der Waals surface area contributed by atoms with Crippen LogP contribution in [0.25, 0.3) is 0 Å². The van der Waals surface area contributed by atoms with Gasteiger partial charge in [-0.3, -0.25) is 0 Å². The molecule has 0 fully saturated rings. The molecule has 1 aromatic heterocycles. The van der Waals surface area contributed by atoms with Crippen LogP contribution in [0.15, 0.2) is 18.2 Å². The fourth-order valence-electron chi connectivity index (χ4n) is 1.26. The molecule has 0 aliphatic heterocycles. The first-order valence-corrected chi connectivity index (χ1v) is 4.67. The van der Waals surface area contributed by atoms with E-state index in [9.17, 15) is 5.11 Å². The predicted molar refractivity (Wildman–Crippen MR) is 58.7 cm³/mol. The summed E-state index contributed by atoms with van der Waals surface area (Å²) in [5, 5.41) is 12.2. The molecule has 4 heteroatoms. The van der Waals surface area contributed by atoms with Gasteiger partial charge in [-0.15, -0.1) is 0 Å². The first kappa shape index (κ1) is 10.8. The molecule has 4 nitrogen and oxygen atoms in total. The average Bonchev–Trinajstić information content (AvgIpc) is 2.17. The smallest absolute Gasteiger partial charge is 0.130 e. The first-order valence-electron chi connectivity index (χ1n) is 4.67. The molecule has 78 valence electrons. The van der Waals surface area contributed by atoms with E-state index >= 15 is 0 Å². The summed E-state index contributed by atoms with van der Waals surface area (Å²) >= 11 is 0. The number of anilines is 2. The third kappa shape index (κ3) is 2.88. The van der Waals surface area contributed by atoms with Gasteiger partial charge in [-0.25, -0.2) is 4.98 Å². The Morgan fingerprint density at radius 3 is 2.86 bits per heavy atom. The highest BCUT2D eigenvalue weighted by molar-refractivity contribution is 5.46. The van der Waals surface area contributed by atoms with Gasteiger partial charge in [0.1, 0.15) is 11.6 Å². The van der Waals surface area contributed by atoms with Gasteiger partial charge in [0.15, 0.2) is 0 Å². The standard InChI is InChI=1S/C10H17N3O/c1-8(14)7-13(3)10-6-4-5-9(11-2)12-10/h4-6,8,14H,7H2,1-3H3,(H,11,12). The lowest BCUT2D eigenvalue weighted by Gasteiger charge is -2.20. The number of nitrogens with one attached hydrogen (secondary N) is 1. The zero-order chi connectivity index (χ0) is 10.6. The summed E-state index contributed by atoms with van der Waals surface area (Å²) in [6.45, 7) is 2.35. The number of nitrogens with zero attached hydrogens (tertiary/aromatic N) is 2. The summed E-state index contributed by atoms with van der Waals surface area (Å²) in [4.78, 5) is 6.27. The van der Waals surface area contributed by atoms with Crippen molar-refractivity contribution in [2.24, 2.45) is 0 Å². The molecule has 0 bridgehead atoms. The van der Waals surface area contributed by atoms with Gasteiger partial charge in [-0.2, -0.15) is 0 Å². The Morgan fingerprint density at radius 2 is 2.29 bits per heavy atom. The van der Waals surface area contributed by atoms with Crippen LogP contribution in [-0.2, 0) is 0 Å². The van der Waals surface area contributed by atoms with Crippen LogP contribution in [0.1, 0.15) is 6.92 Å². The SMILES string of the molecule is CNc1cccc(N(C)CC(C)O)n1. The molecule has 1 aromatic rings. The maximum Gasteiger partial charge on any atom is 0.130 e. The first-order chi connectivity index (χ1) is 6.63. The molecule has 2 N–H and O–H groups in total. The van der Waals surface area contributed by atoms with Gasteiger partial charge >= 0.3 is 0 Å². The van der Waals surface area contributed by atoms with Crippen LogP contribution in [0.3, 0.4) is 0 Å². The molecule has 0 radical (unpaired) electrons. The molecule has 0 saturated carbocycles. The number of aliphatic hydroxyl groups is 1. The third-order valence-electron chi connectivity index (χ3n) is 1.92. The number of hydrogen-bond acceptors (Lipinski definition) is 4.